The summed E-state index contributed by atoms with van der Waals surface area (Å²) in [4.78, 5) is 31.2. The Kier molecular flexibility index (Phi) is 10.5. The molecule has 2 amide bonds. The Labute approximate surface area is 280 Å². The molecule has 1 N–H and O–H groups in total. The SMILES string of the molecule is CS(=O)(=O)N1CCc2c(c(-c3ccc(C(F)(F)F)c(CNC(=O)CN4CCCC4)c3)nn2CCCN2CCC(N3CCCC3=O)CC2)C1. The Hall–Kier alpha value is -3.01. The fourth-order valence-electron chi connectivity index (χ4n) is 7.68. The molecule has 4 aliphatic rings. The highest BCUT2D eigenvalue weighted by Gasteiger charge is 2.35. The van der Waals surface area contributed by atoms with Gasteiger partial charge in [0.15, 0.2) is 0 Å². The Morgan fingerprint density at radius 2 is 1.73 bits per heavy atom. The number of sulfonamides is 1. The van der Waals surface area contributed by atoms with Gasteiger partial charge in [-0.15, -0.1) is 0 Å². The Morgan fingerprint density at radius 1 is 0.979 bits per heavy atom. The molecule has 0 saturated carbocycles. The minimum absolute atomic E-state index is 0.0621. The second-order valence-electron chi connectivity index (χ2n) is 13.6. The molecule has 3 saturated heterocycles. The van der Waals surface area contributed by atoms with E-state index in [1.807, 2.05) is 14.5 Å². The van der Waals surface area contributed by atoms with E-state index in [2.05, 4.69) is 10.2 Å². The number of aromatic nitrogens is 2. The number of benzene rings is 1. The average molecular weight is 694 g/mol. The molecule has 0 spiro atoms. The largest absolute Gasteiger partial charge is 0.416 e. The molecule has 0 unspecified atom stereocenters. The van der Waals surface area contributed by atoms with E-state index in [4.69, 9.17) is 5.10 Å². The van der Waals surface area contributed by atoms with Crippen molar-refractivity contribution in [3.63, 3.8) is 0 Å². The molecule has 4 aliphatic heterocycles. The third-order valence-electron chi connectivity index (χ3n) is 10.2. The molecule has 0 bridgehead atoms. The quantitative estimate of drug-likeness (QED) is 0.386. The van der Waals surface area contributed by atoms with Gasteiger partial charge in [0.05, 0.1) is 24.1 Å². The van der Waals surface area contributed by atoms with E-state index in [1.165, 1.54) is 16.4 Å². The number of alkyl halides is 3. The van der Waals surface area contributed by atoms with E-state index in [0.717, 1.165) is 95.8 Å². The maximum absolute atomic E-state index is 14.1. The Balaban J connectivity index is 1.19. The number of halogens is 3. The lowest BCUT2D eigenvalue weighted by Crippen LogP contribution is -2.45. The highest BCUT2D eigenvalue weighted by Crippen LogP contribution is 2.37. The van der Waals surface area contributed by atoms with Crippen LogP contribution in [0.25, 0.3) is 11.3 Å². The zero-order valence-corrected chi connectivity index (χ0v) is 28.4. The van der Waals surface area contributed by atoms with Crippen LogP contribution in [0.1, 0.15) is 67.3 Å². The number of piperidine rings is 1. The first-order valence-corrected chi connectivity index (χ1v) is 19.0. The Bertz CT molecular complexity index is 1600. The summed E-state index contributed by atoms with van der Waals surface area (Å²) in [5.41, 5.74) is 1.64. The van der Waals surface area contributed by atoms with Crippen LogP contribution < -0.4 is 5.32 Å². The fourth-order valence-corrected chi connectivity index (χ4v) is 8.46. The molecule has 3 fully saturated rings. The van der Waals surface area contributed by atoms with Crippen molar-refractivity contribution in [2.24, 2.45) is 0 Å². The fraction of sp³-hybridized carbons (Fsp3) is 0.667. The van der Waals surface area contributed by atoms with Gasteiger partial charge in [-0.2, -0.15) is 22.6 Å². The zero-order chi connectivity index (χ0) is 34.1. The topological polar surface area (TPSA) is 111 Å². The first kappa shape index (κ1) is 34.8. The van der Waals surface area contributed by atoms with Gasteiger partial charge >= 0.3 is 6.18 Å². The summed E-state index contributed by atoms with van der Waals surface area (Å²) < 4.78 is 70.5. The summed E-state index contributed by atoms with van der Waals surface area (Å²) in [7, 11) is -3.50. The van der Waals surface area contributed by atoms with E-state index in [0.29, 0.717) is 48.8 Å². The molecular formula is C33H46F3N7O4S. The molecule has 5 heterocycles. The van der Waals surface area contributed by atoms with Gasteiger partial charge < -0.3 is 15.1 Å². The number of carbonyl (C=O) groups is 2. The van der Waals surface area contributed by atoms with Gasteiger partial charge in [0.25, 0.3) is 0 Å². The molecule has 1 aromatic heterocycles. The van der Waals surface area contributed by atoms with Crippen LogP contribution in [0.15, 0.2) is 18.2 Å². The standard InChI is InChI=1S/C33H46F3N7O4S/c1-48(46,47)41-19-11-29-27(22-41)32(38-43(29)16-5-14-39-17-9-26(10-18-39)42-15-4-6-31(42)45)24-7-8-28(33(34,35)36)25(20-24)21-37-30(44)23-40-12-2-3-13-40/h7-8,20,26H,2-6,9-19,21-23H2,1H3,(H,37,44). The van der Waals surface area contributed by atoms with Crippen molar-refractivity contribution in [2.45, 2.75) is 83.2 Å². The van der Waals surface area contributed by atoms with Crippen LogP contribution in [0, 0.1) is 0 Å². The second kappa shape index (κ2) is 14.5. The lowest BCUT2D eigenvalue weighted by atomic mass is 9.97. The lowest BCUT2D eigenvalue weighted by Gasteiger charge is -2.36. The number of nitrogens with zero attached hydrogens (tertiary/aromatic N) is 6. The van der Waals surface area contributed by atoms with Crippen molar-refractivity contribution in [1.29, 1.82) is 0 Å². The molecule has 2 aromatic rings. The number of rotatable bonds is 11. The van der Waals surface area contributed by atoms with E-state index in [9.17, 15) is 31.2 Å². The van der Waals surface area contributed by atoms with Gasteiger partial charge in [0.1, 0.15) is 0 Å². The first-order chi connectivity index (χ1) is 22.9. The van der Waals surface area contributed by atoms with Crippen LogP contribution >= 0.6 is 0 Å². The minimum atomic E-state index is -4.61. The van der Waals surface area contributed by atoms with Crippen LogP contribution in [0.2, 0.25) is 0 Å². The lowest BCUT2D eigenvalue weighted by molar-refractivity contribution is -0.138. The Morgan fingerprint density at radius 3 is 2.40 bits per heavy atom. The van der Waals surface area contributed by atoms with Crippen LogP contribution in [-0.4, -0.2) is 114 Å². The number of likely N-dealkylation sites (tertiary alicyclic amines) is 3. The van der Waals surface area contributed by atoms with Gasteiger partial charge in [-0.1, -0.05) is 6.07 Å². The van der Waals surface area contributed by atoms with Crippen molar-refractivity contribution < 1.29 is 31.2 Å². The smallest absolute Gasteiger partial charge is 0.351 e. The maximum Gasteiger partial charge on any atom is 0.416 e. The normalized spacial score (nSPS) is 20.5. The van der Waals surface area contributed by atoms with E-state index in [-0.39, 0.29) is 37.0 Å². The van der Waals surface area contributed by atoms with E-state index < -0.39 is 21.8 Å². The van der Waals surface area contributed by atoms with Crippen molar-refractivity contribution >= 4 is 21.8 Å². The van der Waals surface area contributed by atoms with Crippen LogP contribution in [0.5, 0.6) is 0 Å². The van der Waals surface area contributed by atoms with Gasteiger partial charge in [0.2, 0.25) is 21.8 Å². The monoisotopic (exact) mass is 693 g/mol. The summed E-state index contributed by atoms with van der Waals surface area (Å²) in [5.74, 6) is -0.0563. The van der Waals surface area contributed by atoms with Crippen molar-refractivity contribution in [1.82, 2.24) is 34.1 Å². The van der Waals surface area contributed by atoms with Gasteiger partial charge in [0, 0.05) is 81.5 Å². The summed E-state index contributed by atoms with van der Waals surface area (Å²) in [5, 5.41) is 7.56. The molecule has 0 atom stereocenters. The predicted molar refractivity (Wildman–Crippen MR) is 174 cm³/mol. The summed E-state index contributed by atoms with van der Waals surface area (Å²) >= 11 is 0. The number of nitrogens with one attached hydrogen (secondary N) is 1. The first-order valence-electron chi connectivity index (χ1n) is 17.1. The molecule has 264 valence electrons. The minimum Gasteiger partial charge on any atom is -0.351 e. The van der Waals surface area contributed by atoms with E-state index in [1.54, 1.807) is 0 Å². The number of amides is 2. The summed E-state index contributed by atoms with van der Waals surface area (Å²) in [6.45, 7) is 6.01. The highest BCUT2D eigenvalue weighted by atomic mass is 32.2. The van der Waals surface area contributed by atoms with E-state index >= 15 is 0 Å². The number of fused-ring (bicyclic) bond motifs is 1. The predicted octanol–water partition coefficient (Wildman–Crippen LogP) is 3.08. The molecule has 0 aliphatic carbocycles. The molecule has 1 aromatic carbocycles. The number of hydrogen-bond donors (Lipinski definition) is 1. The summed E-state index contributed by atoms with van der Waals surface area (Å²) in [6.07, 6.45) is 3.32. The number of hydrogen-bond acceptors (Lipinski definition) is 7. The average Bonchev–Trinajstić information content (AvgIpc) is 3.80. The zero-order valence-electron chi connectivity index (χ0n) is 27.6. The van der Waals surface area contributed by atoms with Gasteiger partial charge in [-0.25, -0.2) is 8.42 Å². The van der Waals surface area contributed by atoms with Crippen LogP contribution in [0.3, 0.4) is 0 Å². The number of carbonyl (C=O) groups excluding carboxylic acids is 2. The van der Waals surface area contributed by atoms with Crippen LogP contribution in [-0.2, 0) is 51.8 Å². The van der Waals surface area contributed by atoms with Crippen LogP contribution in [0.4, 0.5) is 13.2 Å². The third-order valence-corrected chi connectivity index (χ3v) is 11.5. The van der Waals surface area contributed by atoms with Gasteiger partial charge in [-0.3, -0.25) is 19.2 Å². The van der Waals surface area contributed by atoms with Gasteiger partial charge in [-0.05, 0) is 75.9 Å². The summed E-state index contributed by atoms with van der Waals surface area (Å²) in [6, 6.07) is 4.17. The maximum atomic E-state index is 14.1. The molecule has 48 heavy (non-hydrogen) atoms. The third kappa shape index (κ3) is 8.06. The van der Waals surface area contributed by atoms with Crippen molar-refractivity contribution in [3.8, 4) is 11.3 Å². The molecule has 15 heteroatoms. The highest BCUT2D eigenvalue weighted by molar-refractivity contribution is 7.88. The molecular weight excluding hydrogens is 647 g/mol. The molecule has 0 radical (unpaired) electrons. The number of aryl methyl sites for hydroxylation is 1. The molecule has 11 nitrogen and oxygen atoms in total. The van der Waals surface area contributed by atoms with Crippen molar-refractivity contribution in [3.05, 3.63) is 40.6 Å². The second-order valence-corrected chi connectivity index (χ2v) is 15.6. The van der Waals surface area contributed by atoms with Crippen molar-refractivity contribution in [2.75, 3.05) is 58.6 Å². The molecule has 6 rings (SSSR count).